The Balaban J connectivity index is 1.83. The fourth-order valence-electron chi connectivity index (χ4n) is 2.53. The third kappa shape index (κ3) is 4.05. The van der Waals surface area contributed by atoms with E-state index in [1.807, 2.05) is 31.5 Å². The third-order valence-electron chi connectivity index (χ3n) is 3.87. The molecule has 21 heavy (non-hydrogen) atoms. The highest BCUT2D eigenvalue weighted by Crippen LogP contribution is 2.16. The molecule has 1 aromatic heterocycles. The Bertz CT molecular complexity index is 611. The van der Waals surface area contributed by atoms with Crippen LogP contribution in [0.1, 0.15) is 39.5 Å². The van der Waals surface area contributed by atoms with Gasteiger partial charge in [0.05, 0.1) is 23.4 Å². The predicted molar refractivity (Wildman–Crippen MR) is 85.9 cm³/mol. The summed E-state index contributed by atoms with van der Waals surface area (Å²) in [5.41, 5.74) is 1.83. The second-order valence-electron chi connectivity index (χ2n) is 5.75. The van der Waals surface area contributed by atoms with Crippen molar-refractivity contribution in [3.05, 3.63) is 30.6 Å². The number of hydrogen-bond acceptors (Lipinski definition) is 3. The number of imidazole rings is 1. The maximum Gasteiger partial charge on any atom is 0.103 e. The number of nitriles is 1. The number of fused-ring (bicyclic) bond motifs is 1. The summed E-state index contributed by atoms with van der Waals surface area (Å²) in [5, 5.41) is 12.6. The first-order valence-corrected chi connectivity index (χ1v) is 7.75. The number of para-hydroxylation sites is 2. The molecule has 1 aromatic carbocycles. The van der Waals surface area contributed by atoms with Gasteiger partial charge >= 0.3 is 0 Å². The van der Waals surface area contributed by atoms with Crippen molar-refractivity contribution in [3.63, 3.8) is 0 Å². The van der Waals surface area contributed by atoms with Crippen molar-refractivity contribution in [3.8, 4) is 6.07 Å². The van der Waals surface area contributed by atoms with Gasteiger partial charge in [0.1, 0.15) is 5.54 Å². The minimum absolute atomic E-state index is 0.396. The Hall–Kier alpha value is -1.86. The van der Waals surface area contributed by atoms with E-state index < -0.39 is 5.54 Å². The molecule has 0 aliphatic heterocycles. The number of rotatable bonds is 8. The normalized spacial score (nSPS) is 14.0. The fraction of sp³-hybridized carbons (Fsp3) is 0.529. The van der Waals surface area contributed by atoms with Crippen LogP contribution in [0.3, 0.4) is 0 Å². The first kappa shape index (κ1) is 15.5. The minimum Gasteiger partial charge on any atom is -0.331 e. The Labute approximate surface area is 126 Å². The molecule has 0 amide bonds. The van der Waals surface area contributed by atoms with Crippen LogP contribution in [0, 0.1) is 11.3 Å². The molecule has 1 heterocycles. The summed E-state index contributed by atoms with van der Waals surface area (Å²) < 4.78 is 2.19. The number of nitrogens with one attached hydrogen (secondary N) is 1. The molecule has 1 atom stereocenters. The van der Waals surface area contributed by atoms with Crippen LogP contribution in [0.2, 0.25) is 0 Å². The zero-order chi connectivity index (χ0) is 15.1. The molecule has 0 fully saturated rings. The molecule has 0 aliphatic rings. The van der Waals surface area contributed by atoms with E-state index in [2.05, 4.69) is 33.9 Å². The quantitative estimate of drug-likeness (QED) is 0.755. The van der Waals surface area contributed by atoms with Crippen LogP contribution in [-0.4, -0.2) is 21.6 Å². The summed E-state index contributed by atoms with van der Waals surface area (Å²) in [6, 6.07) is 10.6. The van der Waals surface area contributed by atoms with Gasteiger partial charge in [0.25, 0.3) is 0 Å². The minimum atomic E-state index is -0.396. The monoisotopic (exact) mass is 284 g/mol. The van der Waals surface area contributed by atoms with E-state index in [-0.39, 0.29) is 0 Å². The first-order chi connectivity index (χ1) is 10.2. The van der Waals surface area contributed by atoms with Crippen molar-refractivity contribution in [1.29, 1.82) is 5.26 Å². The number of aryl methyl sites for hydroxylation is 1. The van der Waals surface area contributed by atoms with E-state index in [9.17, 15) is 5.26 Å². The molecule has 2 aromatic rings. The number of unbranched alkanes of at least 4 members (excludes halogenated alkanes) is 1. The molecule has 4 heteroatoms. The van der Waals surface area contributed by atoms with Crippen molar-refractivity contribution in [2.75, 3.05) is 6.54 Å². The van der Waals surface area contributed by atoms with Gasteiger partial charge in [0, 0.05) is 6.54 Å². The van der Waals surface area contributed by atoms with Gasteiger partial charge in [-0.3, -0.25) is 5.32 Å². The molecule has 0 aliphatic carbocycles. The van der Waals surface area contributed by atoms with Gasteiger partial charge in [-0.15, -0.1) is 0 Å². The standard InChI is InChI=1S/C17H24N4/c1-3-11-20-17(2,13-18)10-6-7-12-21-14-19-15-8-4-5-9-16(15)21/h4-5,8-9,14,20H,3,6-7,10-12H2,1-2H3. The predicted octanol–water partition coefficient (Wildman–Crippen LogP) is 3.49. The van der Waals surface area contributed by atoms with Gasteiger partial charge in [-0.05, 0) is 51.3 Å². The van der Waals surface area contributed by atoms with E-state index in [1.165, 1.54) is 5.52 Å². The zero-order valence-corrected chi connectivity index (χ0v) is 13.0. The van der Waals surface area contributed by atoms with Crippen LogP contribution in [-0.2, 0) is 6.54 Å². The van der Waals surface area contributed by atoms with Gasteiger partial charge in [-0.25, -0.2) is 4.98 Å². The van der Waals surface area contributed by atoms with Crippen LogP contribution in [0.25, 0.3) is 11.0 Å². The molecule has 1 unspecified atom stereocenters. The molecule has 0 bridgehead atoms. The lowest BCUT2D eigenvalue weighted by Gasteiger charge is -2.23. The summed E-state index contributed by atoms with van der Waals surface area (Å²) in [6.07, 6.45) is 5.94. The van der Waals surface area contributed by atoms with Crippen molar-refractivity contribution >= 4 is 11.0 Å². The SMILES string of the molecule is CCCNC(C)(C#N)CCCCn1cnc2ccccc21. The molecule has 2 rings (SSSR count). The van der Waals surface area contributed by atoms with Crippen LogP contribution >= 0.6 is 0 Å². The molecule has 4 nitrogen and oxygen atoms in total. The Kier molecular flexibility index (Phi) is 5.35. The molecule has 0 radical (unpaired) electrons. The molecular formula is C17H24N4. The highest BCUT2D eigenvalue weighted by Gasteiger charge is 2.21. The average Bonchev–Trinajstić information content (AvgIpc) is 2.93. The molecular weight excluding hydrogens is 260 g/mol. The summed E-state index contributed by atoms with van der Waals surface area (Å²) in [7, 11) is 0. The van der Waals surface area contributed by atoms with E-state index >= 15 is 0 Å². The zero-order valence-electron chi connectivity index (χ0n) is 13.0. The molecule has 1 N–H and O–H groups in total. The Morgan fingerprint density at radius 2 is 2.14 bits per heavy atom. The van der Waals surface area contributed by atoms with Crippen LogP contribution in [0.15, 0.2) is 30.6 Å². The molecule has 0 saturated heterocycles. The van der Waals surface area contributed by atoms with Gasteiger partial charge in [0.15, 0.2) is 0 Å². The molecule has 112 valence electrons. The summed E-state index contributed by atoms with van der Waals surface area (Å²) in [4.78, 5) is 4.40. The summed E-state index contributed by atoms with van der Waals surface area (Å²) in [6.45, 7) is 5.97. The molecule has 0 spiro atoms. The lowest BCUT2D eigenvalue weighted by atomic mass is 9.96. The van der Waals surface area contributed by atoms with Crippen LogP contribution in [0.4, 0.5) is 0 Å². The van der Waals surface area contributed by atoms with Crippen LogP contribution in [0.5, 0.6) is 0 Å². The van der Waals surface area contributed by atoms with E-state index in [1.54, 1.807) is 0 Å². The maximum atomic E-state index is 9.31. The van der Waals surface area contributed by atoms with Crippen molar-refractivity contribution < 1.29 is 0 Å². The number of aromatic nitrogens is 2. The van der Waals surface area contributed by atoms with E-state index in [0.717, 1.165) is 44.3 Å². The first-order valence-electron chi connectivity index (χ1n) is 7.75. The number of nitrogens with zero attached hydrogens (tertiary/aromatic N) is 3. The second kappa shape index (κ2) is 7.24. The van der Waals surface area contributed by atoms with Gasteiger partial charge in [-0.2, -0.15) is 5.26 Å². The largest absolute Gasteiger partial charge is 0.331 e. The van der Waals surface area contributed by atoms with Crippen molar-refractivity contribution in [2.24, 2.45) is 0 Å². The van der Waals surface area contributed by atoms with Gasteiger partial charge in [0.2, 0.25) is 0 Å². The smallest absolute Gasteiger partial charge is 0.103 e. The van der Waals surface area contributed by atoms with E-state index in [0.29, 0.717) is 0 Å². The summed E-state index contributed by atoms with van der Waals surface area (Å²) in [5.74, 6) is 0. The van der Waals surface area contributed by atoms with Gasteiger partial charge in [-0.1, -0.05) is 19.1 Å². The van der Waals surface area contributed by atoms with Crippen LogP contribution < -0.4 is 5.32 Å². The fourth-order valence-corrected chi connectivity index (χ4v) is 2.53. The third-order valence-corrected chi connectivity index (χ3v) is 3.87. The van der Waals surface area contributed by atoms with E-state index in [4.69, 9.17) is 0 Å². The highest BCUT2D eigenvalue weighted by molar-refractivity contribution is 5.74. The Morgan fingerprint density at radius 3 is 2.90 bits per heavy atom. The lowest BCUT2D eigenvalue weighted by molar-refractivity contribution is 0.396. The Morgan fingerprint density at radius 1 is 1.33 bits per heavy atom. The number of hydrogen-bond donors (Lipinski definition) is 1. The lowest BCUT2D eigenvalue weighted by Crippen LogP contribution is -2.41. The average molecular weight is 284 g/mol. The topological polar surface area (TPSA) is 53.6 Å². The second-order valence-corrected chi connectivity index (χ2v) is 5.75. The highest BCUT2D eigenvalue weighted by atomic mass is 15.0. The summed E-state index contributed by atoms with van der Waals surface area (Å²) >= 11 is 0. The maximum absolute atomic E-state index is 9.31. The van der Waals surface area contributed by atoms with Gasteiger partial charge < -0.3 is 4.57 Å². The number of benzene rings is 1. The van der Waals surface area contributed by atoms with Crippen molar-refractivity contribution in [2.45, 2.75) is 51.6 Å². The van der Waals surface area contributed by atoms with Crippen molar-refractivity contribution in [1.82, 2.24) is 14.9 Å². The molecule has 0 saturated carbocycles.